The first-order valence-corrected chi connectivity index (χ1v) is 7.63. The molecule has 24 heavy (non-hydrogen) atoms. The molecule has 0 radical (unpaired) electrons. The van der Waals surface area contributed by atoms with Gasteiger partial charge in [-0.05, 0) is 5.56 Å². The lowest BCUT2D eigenvalue weighted by molar-refractivity contribution is -0.0530. The van der Waals surface area contributed by atoms with E-state index in [1.807, 2.05) is 35.8 Å². The minimum atomic E-state index is -0.917. The molecular weight excluding hydrogens is 314 g/mol. The second-order valence-electron chi connectivity index (χ2n) is 5.71. The van der Waals surface area contributed by atoms with Crippen molar-refractivity contribution in [2.24, 2.45) is 0 Å². The Balaban J connectivity index is 1.96. The number of aliphatic hydroxyl groups excluding tert-OH is 2. The van der Waals surface area contributed by atoms with Gasteiger partial charge in [0.1, 0.15) is 6.10 Å². The van der Waals surface area contributed by atoms with Gasteiger partial charge in [0, 0.05) is 24.6 Å². The SMILES string of the molecule is O=c1nc(NO)c(Cc2ccccc2)cn1[C@@H]1O[C@H](CO)C[C@H]1O. The highest BCUT2D eigenvalue weighted by molar-refractivity contribution is 5.43. The van der Waals surface area contributed by atoms with Gasteiger partial charge < -0.3 is 14.9 Å². The Morgan fingerprint density at radius 3 is 2.71 bits per heavy atom. The molecule has 8 nitrogen and oxygen atoms in total. The van der Waals surface area contributed by atoms with E-state index in [-0.39, 0.29) is 18.8 Å². The Hall–Kier alpha value is -2.26. The van der Waals surface area contributed by atoms with Crippen LogP contribution < -0.4 is 11.2 Å². The van der Waals surface area contributed by atoms with Crippen LogP contribution in [0.15, 0.2) is 41.3 Å². The largest absolute Gasteiger partial charge is 0.394 e. The molecule has 3 atom stereocenters. The fraction of sp³-hybridized carbons (Fsp3) is 0.375. The fourth-order valence-corrected chi connectivity index (χ4v) is 2.83. The number of nitrogens with zero attached hydrogens (tertiary/aromatic N) is 2. The van der Waals surface area contributed by atoms with Crippen molar-refractivity contribution in [3.8, 4) is 0 Å². The summed E-state index contributed by atoms with van der Waals surface area (Å²) >= 11 is 0. The predicted molar refractivity (Wildman–Crippen MR) is 84.8 cm³/mol. The summed E-state index contributed by atoms with van der Waals surface area (Å²) in [6.45, 7) is -0.233. The minimum absolute atomic E-state index is 0.0614. The molecule has 1 aliphatic rings. The molecule has 4 N–H and O–H groups in total. The molecule has 128 valence electrons. The van der Waals surface area contributed by atoms with Gasteiger partial charge in [0.2, 0.25) is 0 Å². The summed E-state index contributed by atoms with van der Waals surface area (Å²) in [5.74, 6) is 0.0614. The molecule has 8 heteroatoms. The minimum Gasteiger partial charge on any atom is -0.394 e. The number of ether oxygens (including phenoxy) is 1. The Kier molecular flexibility index (Phi) is 4.91. The van der Waals surface area contributed by atoms with Crippen molar-refractivity contribution in [2.75, 3.05) is 12.1 Å². The number of aliphatic hydroxyl groups is 2. The number of aromatic nitrogens is 2. The smallest absolute Gasteiger partial charge is 0.351 e. The number of benzene rings is 1. The average molecular weight is 333 g/mol. The van der Waals surface area contributed by atoms with E-state index >= 15 is 0 Å². The maximum atomic E-state index is 12.2. The van der Waals surface area contributed by atoms with Gasteiger partial charge in [-0.2, -0.15) is 4.98 Å². The van der Waals surface area contributed by atoms with Gasteiger partial charge in [0.05, 0.1) is 12.7 Å². The number of nitrogens with one attached hydrogen (secondary N) is 1. The van der Waals surface area contributed by atoms with Crippen molar-refractivity contribution >= 4 is 5.82 Å². The summed E-state index contributed by atoms with van der Waals surface area (Å²) in [7, 11) is 0. The van der Waals surface area contributed by atoms with Gasteiger partial charge in [-0.3, -0.25) is 15.3 Å². The topological polar surface area (TPSA) is 117 Å². The van der Waals surface area contributed by atoms with Crippen LogP contribution in [0.5, 0.6) is 0 Å². The monoisotopic (exact) mass is 333 g/mol. The zero-order valence-corrected chi connectivity index (χ0v) is 12.9. The van der Waals surface area contributed by atoms with E-state index in [9.17, 15) is 15.1 Å². The maximum Gasteiger partial charge on any atom is 0.351 e. The van der Waals surface area contributed by atoms with Crippen LogP contribution in [-0.4, -0.2) is 43.8 Å². The molecule has 1 saturated heterocycles. The van der Waals surface area contributed by atoms with Gasteiger partial charge in [0.25, 0.3) is 0 Å². The van der Waals surface area contributed by atoms with E-state index in [0.29, 0.717) is 12.0 Å². The molecular formula is C16H19N3O5. The molecule has 1 aliphatic heterocycles. The molecule has 0 spiro atoms. The van der Waals surface area contributed by atoms with Gasteiger partial charge in [-0.1, -0.05) is 30.3 Å². The zero-order valence-electron chi connectivity index (χ0n) is 12.9. The molecule has 3 rings (SSSR count). The second kappa shape index (κ2) is 7.10. The van der Waals surface area contributed by atoms with Crippen molar-refractivity contribution in [2.45, 2.75) is 31.3 Å². The highest BCUT2D eigenvalue weighted by atomic mass is 16.5. The molecule has 0 saturated carbocycles. The van der Waals surface area contributed by atoms with Crippen LogP contribution in [-0.2, 0) is 11.2 Å². The predicted octanol–water partition coefficient (Wildman–Crippen LogP) is 0.276. The van der Waals surface area contributed by atoms with E-state index in [1.165, 1.54) is 10.8 Å². The lowest BCUT2D eigenvalue weighted by Gasteiger charge is -2.19. The van der Waals surface area contributed by atoms with Crippen LogP contribution in [0, 0.1) is 0 Å². The molecule has 1 aromatic carbocycles. The van der Waals surface area contributed by atoms with Gasteiger partial charge in [0.15, 0.2) is 12.0 Å². The van der Waals surface area contributed by atoms with Crippen molar-refractivity contribution in [1.82, 2.24) is 9.55 Å². The summed E-state index contributed by atoms with van der Waals surface area (Å²) in [6, 6.07) is 9.51. The molecule has 0 amide bonds. The lowest BCUT2D eigenvalue weighted by atomic mass is 10.1. The van der Waals surface area contributed by atoms with Crippen molar-refractivity contribution < 1.29 is 20.2 Å². The number of hydrogen-bond acceptors (Lipinski definition) is 7. The first-order valence-electron chi connectivity index (χ1n) is 7.63. The Morgan fingerprint density at radius 2 is 2.08 bits per heavy atom. The second-order valence-corrected chi connectivity index (χ2v) is 5.71. The zero-order chi connectivity index (χ0) is 17.1. The number of rotatable bonds is 5. The van der Waals surface area contributed by atoms with Gasteiger partial charge in [-0.15, -0.1) is 0 Å². The molecule has 2 aromatic rings. The summed E-state index contributed by atoms with van der Waals surface area (Å²) in [5, 5.41) is 28.5. The summed E-state index contributed by atoms with van der Waals surface area (Å²) in [5.41, 5.74) is 2.83. The highest BCUT2D eigenvalue weighted by Gasteiger charge is 2.35. The molecule has 1 fully saturated rings. The molecule has 2 heterocycles. The Labute approximate surface area is 137 Å². The standard InChI is InChI=1S/C16H19N3O5/c20-9-12-7-13(21)15(24-12)19-8-11(14(18-23)17-16(19)22)6-10-4-2-1-3-5-10/h1-5,8,12-13,15,20-21,23H,6-7,9H2,(H,17,18,22)/t12-,13+,15+/m0/s1. The van der Waals surface area contributed by atoms with E-state index in [2.05, 4.69) is 4.98 Å². The highest BCUT2D eigenvalue weighted by Crippen LogP contribution is 2.28. The summed E-state index contributed by atoms with van der Waals surface area (Å²) < 4.78 is 6.70. The first-order chi connectivity index (χ1) is 11.6. The number of anilines is 1. The lowest BCUT2D eigenvalue weighted by Crippen LogP contribution is -2.33. The fourth-order valence-electron chi connectivity index (χ4n) is 2.83. The normalized spacial score (nSPS) is 23.4. The van der Waals surface area contributed by atoms with Crippen LogP contribution in [0.1, 0.15) is 23.8 Å². The molecule has 1 aromatic heterocycles. The third kappa shape index (κ3) is 3.31. The van der Waals surface area contributed by atoms with Crippen molar-refractivity contribution in [3.05, 3.63) is 58.1 Å². The van der Waals surface area contributed by atoms with Crippen LogP contribution >= 0.6 is 0 Å². The van der Waals surface area contributed by atoms with Crippen LogP contribution in [0.4, 0.5) is 5.82 Å². The third-order valence-electron chi connectivity index (χ3n) is 4.01. The first kappa shape index (κ1) is 16.6. The Morgan fingerprint density at radius 1 is 1.33 bits per heavy atom. The van der Waals surface area contributed by atoms with Crippen LogP contribution in [0.25, 0.3) is 0 Å². The number of hydrogen-bond donors (Lipinski definition) is 4. The van der Waals surface area contributed by atoms with Gasteiger partial charge in [-0.25, -0.2) is 4.79 Å². The summed E-state index contributed by atoms with van der Waals surface area (Å²) in [4.78, 5) is 16.0. The van der Waals surface area contributed by atoms with Crippen molar-refractivity contribution in [3.63, 3.8) is 0 Å². The molecule has 0 aliphatic carbocycles. The van der Waals surface area contributed by atoms with Gasteiger partial charge >= 0.3 is 5.69 Å². The Bertz CT molecular complexity index is 749. The van der Waals surface area contributed by atoms with Crippen LogP contribution in [0.2, 0.25) is 0 Å². The summed E-state index contributed by atoms with van der Waals surface area (Å²) in [6.07, 6.45) is -0.173. The molecule has 0 bridgehead atoms. The van der Waals surface area contributed by atoms with Crippen LogP contribution in [0.3, 0.4) is 0 Å². The maximum absolute atomic E-state index is 12.2. The van der Waals surface area contributed by atoms with E-state index in [0.717, 1.165) is 5.56 Å². The van der Waals surface area contributed by atoms with Crippen molar-refractivity contribution in [1.29, 1.82) is 0 Å². The van der Waals surface area contributed by atoms with E-state index in [4.69, 9.17) is 9.84 Å². The molecule has 0 unspecified atom stereocenters. The quantitative estimate of drug-likeness (QED) is 0.581. The van der Waals surface area contributed by atoms with E-state index in [1.54, 1.807) is 0 Å². The average Bonchev–Trinajstić information content (AvgIpc) is 2.98. The van der Waals surface area contributed by atoms with E-state index < -0.39 is 24.1 Å². The third-order valence-corrected chi connectivity index (χ3v) is 4.01.